The smallest absolute Gasteiger partial charge is 0.0915 e. The third-order valence-corrected chi connectivity index (χ3v) is 3.21. The largest absolute Gasteiger partial charge is 0.399 e. The summed E-state index contributed by atoms with van der Waals surface area (Å²) in [6.07, 6.45) is -0.547. The van der Waals surface area contributed by atoms with Gasteiger partial charge in [0.2, 0.25) is 0 Å². The number of hydrogen-bond donors (Lipinski definition) is 3. The SMILES string of the molecule is CC(NCC(O)c1cccc(N)c1)c1ccccc1. The summed E-state index contributed by atoms with van der Waals surface area (Å²) < 4.78 is 0. The van der Waals surface area contributed by atoms with Crippen molar-refractivity contribution in [2.24, 2.45) is 0 Å². The third-order valence-electron chi connectivity index (χ3n) is 3.21. The summed E-state index contributed by atoms with van der Waals surface area (Å²) in [7, 11) is 0. The fourth-order valence-corrected chi connectivity index (χ4v) is 2.03. The maximum Gasteiger partial charge on any atom is 0.0915 e. The number of anilines is 1. The molecule has 19 heavy (non-hydrogen) atoms. The molecule has 0 radical (unpaired) electrons. The molecule has 2 aromatic carbocycles. The molecule has 0 fully saturated rings. The van der Waals surface area contributed by atoms with Crippen LogP contribution in [0.1, 0.15) is 30.2 Å². The van der Waals surface area contributed by atoms with Gasteiger partial charge in [-0.2, -0.15) is 0 Å². The molecule has 3 nitrogen and oxygen atoms in total. The maximum absolute atomic E-state index is 10.1. The predicted octanol–water partition coefficient (Wildman–Crippen LogP) is 2.65. The zero-order valence-corrected chi connectivity index (χ0v) is 11.1. The van der Waals surface area contributed by atoms with Gasteiger partial charge in [-0.3, -0.25) is 0 Å². The highest BCUT2D eigenvalue weighted by Gasteiger charge is 2.10. The zero-order chi connectivity index (χ0) is 13.7. The van der Waals surface area contributed by atoms with Gasteiger partial charge in [0.1, 0.15) is 0 Å². The van der Waals surface area contributed by atoms with Crippen LogP contribution in [0.4, 0.5) is 5.69 Å². The molecule has 3 heteroatoms. The van der Waals surface area contributed by atoms with Crippen molar-refractivity contribution in [2.45, 2.75) is 19.1 Å². The number of nitrogen functional groups attached to an aromatic ring is 1. The molecule has 2 aromatic rings. The van der Waals surface area contributed by atoms with Crippen LogP contribution < -0.4 is 11.1 Å². The van der Waals surface area contributed by atoms with Crippen molar-refractivity contribution in [1.29, 1.82) is 0 Å². The summed E-state index contributed by atoms with van der Waals surface area (Å²) in [5, 5.41) is 13.4. The molecule has 0 heterocycles. The number of nitrogens with one attached hydrogen (secondary N) is 1. The van der Waals surface area contributed by atoms with Crippen LogP contribution in [0.25, 0.3) is 0 Å². The second-order valence-electron chi connectivity index (χ2n) is 4.73. The number of rotatable bonds is 5. The van der Waals surface area contributed by atoms with Gasteiger partial charge in [-0.25, -0.2) is 0 Å². The van der Waals surface area contributed by atoms with E-state index in [0.717, 1.165) is 5.56 Å². The highest BCUT2D eigenvalue weighted by molar-refractivity contribution is 5.41. The van der Waals surface area contributed by atoms with Crippen LogP contribution in [0.15, 0.2) is 54.6 Å². The van der Waals surface area contributed by atoms with Crippen LogP contribution >= 0.6 is 0 Å². The molecule has 2 rings (SSSR count). The van der Waals surface area contributed by atoms with Crippen molar-refractivity contribution in [1.82, 2.24) is 5.32 Å². The van der Waals surface area contributed by atoms with E-state index in [1.54, 1.807) is 6.07 Å². The van der Waals surface area contributed by atoms with Crippen molar-refractivity contribution in [3.63, 3.8) is 0 Å². The van der Waals surface area contributed by atoms with Crippen LogP contribution in [-0.2, 0) is 0 Å². The molecule has 0 saturated carbocycles. The number of aliphatic hydroxyl groups is 1. The van der Waals surface area contributed by atoms with Crippen molar-refractivity contribution >= 4 is 5.69 Å². The molecule has 0 aliphatic heterocycles. The highest BCUT2D eigenvalue weighted by atomic mass is 16.3. The summed E-state index contributed by atoms with van der Waals surface area (Å²) >= 11 is 0. The van der Waals surface area contributed by atoms with Gasteiger partial charge in [0.25, 0.3) is 0 Å². The van der Waals surface area contributed by atoms with E-state index in [-0.39, 0.29) is 6.04 Å². The van der Waals surface area contributed by atoms with Gasteiger partial charge < -0.3 is 16.2 Å². The molecule has 0 bridgehead atoms. The fraction of sp³-hybridized carbons (Fsp3) is 0.250. The average Bonchev–Trinajstić information content (AvgIpc) is 2.45. The summed E-state index contributed by atoms with van der Waals surface area (Å²) in [5.74, 6) is 0. The van der Waals surface area contributed by atoms with Gasteiger partial charge in [0, 0.05) is 18.3 Å². The normalized spacial score (nSPS) is 14.0. The summed E-state index contributed by atoms with van der Waals surface area (Å²) in [6, 6.07) is 17.7. The molecule has 0 aliphatic rings. The Labute approximate surface area is 114 Å². The Balaban J connectivity index is 1.92. The lowest BCUT2D eigenvalue weighted by Gasteiger charge is -2.18. The summed E-state index contributed by atoms with van der Waals surface area (Å²) in [4.78, 5) is 0. The monoisotopic (exact) mass is 256 g/mol. The van der Waals surface area contributed by atoms with Crippen LogP contribution in [0.3, 0.4) is 0 Å². The Hall–Kier alpha value is -1.84. The van der Waals surface area contributed by atoms with Gasteiger partial charge in [-0.15, -0.1) is 0 Å². The minimum absolute atomic E-state index is 0.205. The van der Waals surface area contributed by atoms with E-state index in [0.29, 0.717) is 12.2 Å². The van der Waals surface area contributed by atoms with Crippen LogP contribution in [0.2, 0.25) is 0 Å². The Morgan fingerprint density at radius 3 is 2.42 bits per heavy atom. The molecular formula is C16H20N2O. The lowest BCUT2D eigenvalue weighted by molar-refractivity contribution is 0.171. The van der Waals surface area contributed by atoms with Crippen LogP contribution in [0.5, 0.6) is 0 Å². The first-order valence-corrected chi connectivity index (χ1v) is 6.48. The Morgan fingerprint density at radius 1 is 1.05 bits per heavy atom. The Kier molecular flexibility index (Phi) is 4.55. The second kappa shape index (κ2) is 6.36. The molecule has 100 valence electrons. The van der Waals surface area contributed by atoms with E-state index in [4.69, 9.17) is 5.73 Å². The van der Waals surface area contributed by atoms with E-state index < -0.39 is 6.10 Å². The number of nitrogens with two attached hydrogens (primary N) is 1. The quantitative estimate of drug-likeness (QED) is 0.721. The van der Waals surface area contributed by atoms with Crippen molar-refractivity contribution in [2.75, 3.05) is 12.3 Å². The molecule has 2 unspecified atom stereocenters. The van der Waals surface area contributed by atoms with E-state index >= 15 is 0 Å². The van der Waals surface area contributed by atoms with Gasteiger partial charge in [0.05, 0.1) is 6.10 Å². The van der Waals surface area contributed by atoms with Crippen molar-refractivity contribution in [3.8, 4) is 0 Å². The second-order valence-corrected chi connectivity index (χ2v) is 4.73. The number of hydrogen-bond acceptors (Lipinski definition) is 3. The van der Waals surface area contributed by atoms with Gasteiger partial charge in [0.15, 0.2) is 0 Å². The molecule has 0 aromatic heterocycles. The molecule has 0 aliphatic carbocycles. The molecule has 0 spiro atoms. The summed E-state index contributed by atoms with van der Waals surface area (Å²) in [5.41, 5.74) is 8.44. The lowest BCUT2D eigenvalue weighted by atomic mass is 10.1. The zero-order valence-electron chi connectivity index (χ0n) is 11.1. The average molecular weight is 256 g/mol. The van der Waals surface area contributed by atoms with Gasteiger partial charge in [-0.1, -0.05) is 42.5 Å². The van der Waals surface area contributed by atoms with Crippen molar-refractivity contribution in [3.05, 3.63) is 65.7 Å². The topological polar surface area (TPSA) is 58.3 Å². The predicted molar refractivity (Wildman–Crippen MR) is 78.7 cm³/mol. The molecular weight excluding hydrogens is 236 g/mol. The van der Waals surface area contributed by atoms with Gasteiger partial charge in [-0.05, 0) is 30.2 Å². The van der Waals surface area contributed by atoms with Crippen molar-refractivity contribution < 1.29 is 5.11 Å². The maximum atomic E-state index is 10.1. The minimum atomic E-state index is -0.547. The Morgan fingerprint density at radius 2 is 1.74 bits per heavy atom. The fourth-order valence-electron chi connectivity index (χ4n) is 2.03. The third kappa shape index (κ3) is 3.81. The van der Waals surface area contributed by atoms with E-state index in [9.17, 15) is 5.11 Å². The summed E-state index contributed by atoms with van der Waals surface area (Å²) in [6.45, 7) is 2.58. The van der Waals surface area contributed by atoms with E-state index in [2.05, 4.69) is 24.4 Å². The van der Waals surface area contributed by atoms with E-state index in [1.807, 2.05) is 36.4 Å². The van der Waals surface area contributed by atoms with Crippen LogP contribution in [-0.4, -0.2) is 11.7 Å². The highest BCUT2D eigenvalue weighted by Crippen LogP contribution is 2.17. The minimum Gasteiger partial charge on any atom is -0.399 e. The molecule has 0 amide bonds. The first-order valence-electron chi connectivity index (χ1n) is 6.48. The number of aliphatic hydroxyl groups excluding tert-OH is 1. The first-order chi connectivity index (χ1) is 9.16. The van der Waals surface area contributed by atoms with Crippen LogP contribution in [0, 0.1) is 0 Å². The molecule has 2 atom stereocenters. The molecule has 0 saturated heterocycles. The number of benzene rings is 2. The lowest BCUT2D eigenvalue weighted by Crippen LogP contribution is -2.24. The first kappa shape index (κ1) is 13.6. The molecule has 4 N–H and O–H groups in total. The van der Waals surface area contributed by atoms with Gasteiger partial charge >= 0.3 is 0 Å². The van der Waals surface area contributed by atoms with E-state index in [1.165, 1.54) is 5.56 Å². The standard InChI is InChI=1S/C16H20N2O/c1-12(13-6-3-2-4-7-13)18-11-16(19)14-8-5-9-15(17)10-14/h2-10,12,16,18-19H,11,17H2,1H3. The Bertz CT molecular complexity index is 513.